The Balaban J connectivity index is 2.64. The number of rotatable bonds is 5. The number of carboxylic acid groups (broad SMARTS) is 1. The highest BCUT2D eigenvalue weighted by Gasteiger charge is 2.38. The molecule has 1 heterocycles. The number of sulfone groups is 1. The van der Waals surface area contributed by atoms with Crippen LogP contribution in [0.15, 0.2) is 12.7 Å². The highest BCUT2D eigenvalue weighted by Crippen LogP contribution is 2.22. The van der Waals surface area contributed by atoms with Crippen molar-refractivity contribution in [1.29, 1.82) is 0 Å². The van der Waals surface area contributed by atoms with Crippen molar-refractivity contribution < 1.29 is 27.9 Å². The predicted octanol–water partition coefficient (Wildman–Crippen LogP) is -0.213. The molecule has 0 bridgehead atoms. The quantitative estimate of drug-likeness (QED) is 0.673. The molecule has 0 aromatic heterocycles. The van der Waals surface area contributed by atoms with Crippen molar-refractivity contribution in [2.75, 3.05) is 18.1 Å². The molecule has 0 aromatic rings. The lowest BCUT2D eigenvalue weighted by molar-refractivity contribution is -0.140. The molecule has 0 aromatic carbocycles. The molecule has 8 heteroatoms. The molecule has 1 amide bonds. The zero-order valence-corrected chi connectivity index (χ0v) is 10.5. The maximum Gasteiger partial charge on any atom is 0.408 e. The summed E-state index contributed by atoms with van der Waals surface area (Å²) >= 11 is 0. The summed E-state index contributed by atoms with van der Waals surface area (Å²) < 4.78 is 27.2. The van der Waals surface area contributed by atoms with Crippen molar-refractivity contribution in [1.82, 2.24) is 5.32 Å². The molecule has 2 atom stereocenters. The molecule has 1 fully saturated rings. The second-order valence-electron chi connectivity index (χ2n) is 4.01. The van der Waals surface area contributed by atoms with Crippen LogP contribution in [0, 0.1) is 5.92 Å². The number of carbonyl (C=O) groups is 2. The van der Waals surface area contributed by atoms with E-state index in [1.165, 1.54) is 6.08 Å². The summed E-state index contributed by atoms with van der Waals surface area (Å²) in [5.41, 5.74) is 0. The van der Waals surface area contributed by atoms with E-state index in [0.29, 0.717) is 0 Å². The normalized spacial score (nSPS) is 23.0. The Morgan fingerprint density at radius 1 is 1.56 bits per heavy atom. The van der Waals surface area contributed by atoms with E-state index in [0.717, 1.165) is 0 Å². The smallest absolute Gasteiger partial charge is 0.408 e. The van der Waals surface area contributed by atoms with Crippen LogP contribution in [0.1, 0.15) is 6.42 Å². The molecular weight excluding hydrogens is 262 g/mol. The number of carboxylic acids is 1. The Hall–Kier alpha value is -1.57. The Morgan fingerprint density at radius 2 is 2.22 bits per heavy atom. The number of ether oxygens (including phenoxy) is 1. The van der Waals surface area contributed by atoms with Gasteiger partial charge in [-0.05, 0) is 6.42 Å². The van der Waals surface area contributed by atoms with Gasteiger partial charge in [0.15, 0.2) is 9.84 Å². The molecule has 0 saturated carbocycles. The van der Waals surface area contributed by atoms with Crippen molar-refractivity contribution in [2.24, 2.45) is 5.92 Å². The van der Waals surface area contributed by atoms with Crippen molar-refractivity contribution >= 4 is 21.9 Å². The second kappa shape index (κ2) is 5.85. The standard InChI is InChI=1S/C10H15NO6S/c1-2-4-17-10(14)11-8(9(12)13)7-3-5-18(15,16)6-7/h2,7-8H,1,3-6H2,(H,11,14)(H,12,13). The average Bonchev–Trinajstić information content (AvgIpc) is 2.63. The largest absolute Gasteiger partial charge is 0.480 e. The summed E-state index contributed by atoms with van der Waals surface area (Å²) in [5.74, 6) is -2.17. The molecule has 1 saturated heterocycles. The molecule has 1 aliphatic rings. The zero-order valence-electron chi connectivity index (χ0n) is 9.66. The third-order valence-electron chi connectivity index (χ3n) is 2.61. The molecule has 7 nitrogen and oxygen atoms in total. The topological polar surface area (TPSA) is 110 Å². The van der Waals surface area contributed by atoms with Gasteiger partial charge in [-0.3, -0.25) is 0 Å². The van der Waals surface area contributed by atoms with Crippen LogP contribution >= 0.6 is 0 Å². The van der Waals surface area contributed by atoms with Gasteiger partial charge < -0.3 is 15.2 Å². The maximum absolute atomic E-state index is 11.3. The van der Waals surface area contributed by atoms with Gasteiger partial charge in [-0.1, -0.05) is 12.7 Å². The van der Waals surface area contributed by atoms with E-state index >= 15 is 0 Å². The third-order valence-corrected chi connectivity index (χ3v) is 4.40. The minimum absolute atomic E-state index is 0.0405. The van der Waals surface area contributed by atoms with Crippen LogP contribution in [0.4, 0.5) is 4.79 Å². The maximum atomic E-state index is 11.3. The highest BCUT2D eigenvalue weighted by molar-refractivity contribution is 7.91. The minimum Gasteiger partial charge on any atom is -0.480 e. The summed E-state index contributed by atoms with van der Waals surface area (Å²) in [5, 5.41) is 11.2. The minimum atomic E-state index is -3.20. The van der Waals surface area contributed by atoms with Gasteiger partial charge in [0.25, 0.3) is 0 Å². The number of amides is 1. The Morgan fingerprint density at radius 3 is 2.67 bits per heavy atom. The fourth-order valence-electron chi connectivity index (χ4n) is 1.77. The molecule has 2 unspecified atom stereocenters. The first kappa shape index (κ1) is 14.5. The van der Waals surface area contributed by atoms with E-state index in [1.54, 1.807) is 0 Å². The predicted molar refractivity (Wildman–Crippen MR) is 62.9 cm³/mol. The van der Waals surface area contributed by atoms with E-state index in [2.05, 4.69) is 16.6 Å². The van der Waals surface area contributed by atoms with E-state index in [-0.39, 0.29) is 24.5 Å². The van der Waals surface area contributed by atoms with Gasteiger partial charge in [-0.25, -0.2) is 18.0 Å². The lowest BCUT2D eigenvalue weighted by Gasteiger charge is -2.19. The molecular formula is C10H15NO6S. The second-order valence-corrected chi connectivity index (χ2v) is 6.24. The van der Waals surface area contributed by atoms with Gasteiger partial charge in [0, 0.05) is 5.92 Å². The Labute approximate surface area is 105 Å². The van der Waals surface area contributed by atoms with E-state index in [1.807, 2.05) is 0 Å². The Bertz CT molecular complexity index is 443. The monoisotopic (exact) mass is 277 g/mol. The first-order valence-corrected chi connectivity index (χ1v) is 7.15. The number of hydrogen-bond donors (Lipinski definition) is 2. The van der Waals surface area contributed by atoms with Crippen molar-refractivity contribution in [3.8, 4) is 0 Å². The van der Waals surface area contributed by atoms with E-state index in [4.69, 9.17) is 5.11 Å². The summed E-state index contributed by atoms with van der Waals surface area (Å²) in [6.45, 7) is 3.30. The Kier molecular flexibility index (Phi) is 4.71. The van der Waals surface area contributed by atoms with Crippen LogP contribution in [0.2, 0.25) is 0 Å². The molecule has 1 rings (SSSR count). The van der Waals surface area contributed by atoms with Crippen LogP contribution < -0.4 is 5.32 Å². The van der Waals surface area contributed by atoms with Gasteiger partial charge in [0.1, 0.15) is 12.6 Å². The highest BCUT2D eigenvalue weighted by atomic mass is 32.2. The first-order valence-electron chi connectivity index (χ1n) is 5.33. The average molecular weight is 277 g/mol. The molecule has 2 N–H and O–H groups in total. The molecule has 1 aliphatic heterocycles. The van der Waals surface area contributed by atoms with Crippen LogP contribution in [-0.2, 0) is 19.4 Å². The van der Waals surface area contributed by atoms with Crippen LogP contribution in [0.25, 0.3) is 0 Å². The van der Waals surface area contributed by atoms with E-state index in [9.17, 15) is 18.0 Å². The van der Waals surface area contributed by atoms with Crippen molar-refractivity contribution in [3.63, 3.8) is 0 Å². The van der Waals surface area contributed by atoms with Crippen molar-refractivity contribution in [2.45, 2.75) is 12.5 Å². The fourth-order valence-corrected chi connectivity index (χ4v) is 3.61. The number of nitrogens with one attached hydrogen (secondary N) is 1. The van der Waals surface area contributed by atoms with Crippen molar-refractivity contribution in [3.05, 3.63) is 12.7 Å². The molecule has 18 heavy (non-hydrogen) atoms. The molecule has 102 valence electrons. The molecule has 0 spiro atoms. The van der Waals surface area contributed by atoms with Gasteiger partial charge >= 0.3 is 12.1 Å². The van der Waals surface area contributed by atoms with Gasteiger partial charge in [0.05, 0.1) is 11.5 Å². The summed E-state index contributed by atoms with van der Waals surface area (Å²) in [7, 11) is -3.20. The van der Waals surface area contributed by atoms with Gasteiger partial charge in [-0.2, -0.15) is 0 Å². The fraction of sp³-hybridized carbons (Fsp3) is 0.600. The SMILES string of the molecule is C=CCOC(=O)NC(C(=O)O)C1CCS(=O)(=O)C1. The number of alkyl carbamates (subject to hydrolysis) is 1. The summed E-state index contributed by atoms with van der Waals surface area (Å²) in [6.07, 6.45) is 0.669. The lowest BCUT2D eigenvalue weighted by atomic mass is 10.00. The zero-order chi connectivity index (χ0) is 13.8. The van der Waals surface area contributed by atoms with Gasteiger partial charge in [0.2, 0.25) is 0 Å². The van der Waals surface area contributed by atoms with E-state index < -0.39 is 33.9 Å². The lowest BCUT2D eigenvalue weighted by Crippen LogP contribution is -2.46. The van der Waals surface area contributed by atoms with Crippen LogP contribution in [0.3, 0.4) is 0 Å². The molecule has 0 radical (unpaired) electrons. The van der Waals surface area contributed by atoms with Crippen LogP contribution in [0.5, 0.6) is 0 Å². The molecule has 0 aliphatic carbocycles. The summed E-state index contributed by atoms with van der Waals surface area (Å²) in [4.78, 5) is 22.3. The van der Waals surface area contributed by atoms with Gasteiger partial charge in [-0.15, -0.1) is 0 Å². The number of carbonyl (C=O) groups excluding carboxylic acids is 1. The number of hydrogen-bond acceptors (Lipinski definition) is 5. The first-order chi connectivity index (χ1) is 8.35. The summed E-state index contributed by atoms with van der Waals surface area (Å²) in [6, 6.07) is -1.25. The third kappa shape index (κ3) is 4.02. The van der Waals surface area contributed by atoms with Crippen LogP contribution in [-0.4, -0.2) is 49.7 Å². The number of aliphatic carboxylic acids is 1.